The van der Waals surface area contributed by atoms with Crippen LogP contribution in [0, 0.1) is 0 Å². The molecule has 2 nitrogen and oxygen atoms in total. The highest BCUT2D eigenvalue weighted by atomic mass is 32.2. The van der Waals surface area contributed by atoms with Crippen LogP contribution in [0.2, 0.25) is 0 Å². The number of nitrogens with two attached hydrogens (primary N) is 1. The number of hydrogen-bond acceptors (Lipinski definition) is 3. The van der Waals surface area contributed by atoms with Crippen molar-refractivity contribution in [1.29, 1.82) is 0 Å². The largest absolute Gasteiger partial charge is 0.367 e. The summed E-state index contributed by atoms with van der Waals surface area (Å²) in [5.41, 5.74) is 9.88. The van der Waals surface area contributed by atoms with Gasteiger partial charge in [-0.25, -0.2) is 0 Å². The maximum Gasteiger partial charge on any atom is 0.0429 e. The van der Waals surface area contributed by atoms with Gasteiger partial charge in [0.1, 0.15) is 0 Å². The molecule has 0 aliphatic heterocycles. The molecule has 2 N–H and O–H groups in total. The van der Waals surface area contributed by atoms with Crippen molar-refractivity contribution in [1.82, 2.24) is 0 Å². The SMILES string of the molecule is CCCN(Cc1ccccc1)c1cccc(SC)c1CN. The predicted octanol–water partition coefficient (Wildman–Crippen LogP) is 4.28. The van der Waals surface area contributed by atoms with Crippen molar-refractivity contribution in [2.75, 3.05) is 17.7 Å². The summed E-state index contributed by atoms with van der Waals surface area (Å²) < 4.78 is 0. The smallest absolute Gasteiger partial charge is 0.0429 e. The predicted molar refractivity (Wildman–Crippen MR) is 93.9 cm³/mol. The number of thioether (sulfide) groups is 1. The molecule has 0 aromatic heterocycles. The topological polar surface area (TPSA) is 29.3 Å². The molecule has 0 saturated heterocycles. The fourth-order valence-corrected chi connectivity index (χ4v) is 3.25. The van der Waals surface area contributed by atoms with Gasteiger partial charge in [0.05, 0.1) is 0 Å². The van der Waals surface area contributed by atoms with Crippen LogP contribution in [-0.4, -0.2) is 12.8 Å². The van der Waals surface area contributed by atoms with Crippen LogP contribution < -0.4 is 10.6 Å². The fourth-order valence-electron chi connectivity index (χ4n) is 2.61. The number of hydrogen-bond donors (Lipinski definition) is 1. The Morgan fingerprint density at radius 2 is 1.81 bits per heavy atom. The van der Waals surface area contributed by atoms with Crippen LogP contribution in [0.5, 0.6) is 0 Å². The number of rotatable bonds is 7. The Balaban J connectivity index is 2.34. The minimum Gasteiger partial charge on any atom is -0.367 e. The average Bonchev–Trinajstić information content (AvgIpc) is 2.54. The van der Waals surface area contributed by atoms with Crippen LogP contribution in [0.1, 0.15) is 24.5 Å². The first-order valence-electron chi connectivity index (χ1n) is 7.45. The van der Waals surface area contributed by atoms with Crippen LogP contribution in [0.15, 0.2) is 53.4 Å². The third-order valence-electron chi connectivity index (χ3n) is 3.58. The van der Waals surface area contributed by atoms with E-state index in [0.717, 1.165) is 19.5 Å². The van der Waals surface area contributed by atoms with Crippen LogP contribution >= 0.6 is 11.8 Å². The lowest BCUT2D eigenvalue weighted by Gasteiger charge is -2.27. The van der Waals surface area contributed by atoms with E-state index in [1.807, 2.05) is 0 Å². The van der Waals surface area contributed by atoms with E-state index >= 15 is 0 Å². The van der Waals surface area contributed by atoms with Crippen molar-refractivity contribution >= 4 is 17.4 Å². The molecular weight excluding hydrogens is 276 g/mol. The van der Waals surface area contributed by atoms with Gasteiger partial charge in [-0.3, -0.25) is 0 Å². The summed E-state index contributed by atoms with van der Waals surface area (Å²) in [4.78, 5) is 3.72. The summed E-state index contributed by atoms with van der Waals surface area (Å²) in [6, 6.07) is 17.1. The van der Waals surface area contributed by atoms with Crippen molar-refractivity contribution < 1.29 is 0 Å². The van der Waals surface area contributed by atoms with Crippen molar-refractivity contribution in [3.8, 4) is 0 Å². The fraction of sp³-hybridized carbons (Fsp3) is 0.333. The molecule has 2 aromatic carbocycles. The molecule has 0 spiro atoms. The van der Waals surface area contributed by atoms with Gasteiger partial charge < -0.3 is 10.6 Å². The molecule has 0 unspecified atom stereocenters. The minimum absolute atomic E-state index is 0.585. The zero-order valence-corrected chi connectivity index (χ0v) is 13.7. The van der Waals surface area contributed by atoms with Gasteiger partial charge in [-0.15, -0.1) is 11.8 Å². The molecule has 0 fully saturated rings. The zero-order chi connectivity index (χ0) is 15.1. The molecule has 21 heavy (non-hydrogen) atoms. The molecule has 2 rings (SSSR count). The van der Waals surface area contributed by atoms with Gasteiger partial charge in [0.2, 0.25) is 0 Å². The summed E-state index contributed by atoms with van der Waals surface area (Å²) in [6.45, 7) is 4.78. The normalized spacial score (nSPS) is 10.6. The zero-order valence-electron chi connectivity index (χ0n) is 12.9. The van der Waals surface area contributed by atoms with Crippen LogP contribution in [-0.2, 0) is 13.1 Å². The Morgan fingerprint density at radius 3 is 2.43 bits per heavy atom. The molecule has 0 bridgehead atoms. The average molecular weight is 300 g/mol. The lowest BCUT2D eigenvalue weighted by molar-refractivity contribution is 0.758. The second-order valence-electron chi connectivity index (χ2n) is 5.07. The highest BCUT2D eigenvalue weighted by Gasteiger charge is 2.13. The van der Waals surface area contributed by atoms with E-state index in [9.17, 15) is 0 Å². The van der Waals surface area contributed by atoms with Crippen molar-refractivity contribution in [3.63, 3.8) is 0 Å². The van der Waals surface area contributed by atoms with Crippen LogP contribution in [0.4, 0.5) is 5.69 Å². The van der Waals surface area contributed by atoms with Crippen molar-refractivity contribution in [2.24, 2.45) is 5.73 Å². The Labute approximate surface area is 132 Å². The standard InChI is InChI=1S/C18H24N2S/c1-3-12-20(14-15-8-5-4-6-9-15)17-10-7-11-18(21-2)16(17)13-19/h4-11H,3,12-14,19H2,1-2H3. The van der Waals surface area contributed by atoms with Gasteiger partial charge in [0, 0.05) is 35.8 Å². The summed E-state index contributed by atoms with van der Waals surface area (Å²) >= 11 is 1.77. The molecular formula is C18H24N2S. The molecule has 0 saturated carbocycles. The second-order valence-corrected chi connectivity index (χ2v) is 5.92. The second kappa shape index (κ2) is 8.11. The Hall–Kier alpha value is -1.45. The van der Waals surface area contributed by atoms with Gasteiger partial charge in [0.15, 0.2) is 0 Å². The third-order valence-corrected chi connectivity index (χ3v) is 4.41. The summed E-state index contributed by atoms with van der Waals surface area (Å²) in [7, 11) is 0. The quantitative estimate of drug-likeness (QED) is 0.774. The van der Waals surface area contributed by atoms with E-state index in [4.69, 9.17) is 5.73 Å². The lowest BCUT2D eigenvalue weighted by Crippen LogP contribution is -2.25. The summed E-state index contributed by atoms with van der Waals surface area (Å²) in [5, 5.41) is 0. The van der Waals surface area contributed by atoms with Crippen LogP contribution in [0.3, 0.4) is 0 Å². The lowest BCUT2D eigenvalue weighted by atomic mass is 10.1. The van der Waals surface area contributed by atoms with Crippen LogP contribution in [0.25, 0.3) is 0 Å². The van der Waals surface area contributed by atoms with Crippen molar-refractivity contribution in [2.45, 2.75) is 31.3 Å². The molecule has 2 aromatic rings. The van der Waals surface area contributed by atoms with E-state index in [1.165, 1.54) is 21.7 Å². The molecule has 0 amide bonds. The van der Waals surface area contributed by atoms with Gasteiger partial charge in [-0.2, -0.15) is 0 Å². The number of nitrogens with zero attached hydrogens (tertiary/aromatic N) is 1. The highest BCUT2D eigenvalue weighted by molar-refractivity contribution is 7.98. The molecule has 0 atom stereocenters. The maximum atomic E-state index is 6.01. The Morgan fingerprint density at radius 1 is 1.05 bits per heavy atom. The van der Waals surface area contributed by atoms with Gasteiger partial charge in [-0.1, -0.05) is 43.3 Å². The van der Waals surface area contributed by atoms with E-state index in [2.05, 4.69) is 66.6 Å². The first-order valence-corrected chi connectivity index (χ1v) is 8.67. The summed E-state index contributed by atoms with van der Waals surface area (Å²) in [6.07, 6.45) is 3.24. The monoisotopic (exact) mass is 300 g/mol. The Bertz CT molecular complexity index is 554. The van der Waals surface area contributed by atoms with Gasteiger partial charge in [-0.05, 0) is 30.4 Å². The molecule has 0 heterocycles. The van der Waals surface area contributed by atoms with Gasteiger partial charge >= 0.3 is 0 Å². The molecule has 0 aliphatic carbocycles. The third kappa shape index (κ3) is 4.02. The Kier molecular flexibility index (Phi) is 6.15. The molecule has 0 radical (unpaired) electrons. The van der Waals surface area contributed by atoms with Gasteiger partial charge in [0.25, 0.3) is 0 Å². The number of anilines is 1. The first-order chi connectivity index (χ1) is 10.3. The molecule has 0 aliphatic rings. The van der Waals surface area contributed by atoms with E-state index in [0.29, 0.717) is 6.54 Å². The minimum atomic E-state index is 0.585. The molecule has 3 heteroatoms. The van der Waals surface area contributed by atoms with Crippen molar-refractivity contribution in [3.05, 3.63) is 59.7 Å². The molecule has 112 valence electrons. The number of benzene rings is 2. The summed E-state index contributed by atoms with van der Waals surface area (Å²) in [5.74, 6) is 0. The van der Waals surface area contributed by atoms with E-state index < -0.39 is 0 Å². The maximum absolute atomic E-state index is 6.01. The van der Waals surface area contributed by atoms with E-state index in [1.54, 1.807) is 11.8 Å². The first kappa shape index (κ1) is 15.9. The highest BCUT2D eigenvalue weighted by Crippen LogP contribution is 2.30. The van der Waals surface area contributed by atoms with E-state index in [-0.39, 0.29) is 0 Å².